The second-order valence-electron chi connectivity index (χ2n) is 5.06. The van der Waals surface area contributed by atoms with Crippen LogP contribution < -0.4 is 10.2 Å². The number of rotatable bonds is 5. The van der Waals surface area contributed by atoms with E-state index < -0.39 is 0 Å². The molecule has 0 aliphatic rings. The van der Waals surface area contributed by atoms with Crippen molar-refractivity contribution in [2.24, 2.45) is 0 Å². The van der Waals surface area contributed by atoms with Crippen molar-refractivity contribution < 1.29 is 0 Å². The van der Waals surface area contributed by atoms with Crippen molar-refractivity contribution in [1.82, 2.24) is 10.3 Å². The van der Waals surface area contributed by atoms with Crippen LogP contribution in [0, 0.1) is 0 Å². The first-order chi connectivity index (χ1) is 9.17. The monoisotopic (exact) mass is 257 g/mol. The minimum atomic E-state index is 0.490. The second-order valence-corrected chi connectivity index (χ2v) is 5.06. The molecule has 0 saturated carbocycles. The van der Waals surface area contributed by atoms with Gasteiger partial charge in [-0.05, 0) is 32.5 Å². The summed E-state index contributed by atoms with van der Waals surface area (Å²) in [4.78, 5) is 7.13. The van der Waals surface area contributed by atoms with Crippen molar-refractivity contribution in [3.8, 4) is 0 Å². The molecule has 0 spiro atoms. The Morgan fingerprint density at radius 1 is 1.32 bits per heavy atom. The average Bonchev–Trinajstić information content (AvgIpc) is 2.45. The van der Waals surface area contributed by atoms with Crippen molar-refractivity contribution in [2.75, 3.05) is 19.0 Å². The minimum Gasteiger partial charge on any atom is -0.357 e. The molecule has 0 bridgehead atoms. The summed E-state index contributed by atoms with van der Waals surface area (Å²) in [5.74, 6) is 1.09. The zero-order valence-electron chi connectivity index (χ0n) is 12.3. The van der Waals surface area contributed by atoms with Gasteiger partial charge < -0.3 is 10.2 Å². The molecule has 1 heterocycles. The van der Waals surface area contributed by atoms with Gasteiger partial charge in [0.1, 0.15) is 5.82 Å². The summed E-state index contributed by atoms with van der Waals surface area (Å²) in [5.41, 5.74) is 2.32. The van der Waals surface area contributed by atoms with Crippen molar-refractivity contribution in [3.63, 3.8) is 0 Å². The van der Waals surface area contributed by atoms with Crippen LogP contribution in [-0.4, -0.2) is 25.1 Å². The predicted octanol–water partition coefficient (Wildman–Crippen LogP) is 3.19. The molecule has 0 saturated heterocycles. The average molecular weight is 257 g/mol. The van der Waals surface area contributed by atoms with E-state index in [9.17, 15) is 0 Å². The summed E-state index contributed by atoms with van der Waals surface area (Å²) in [6.45, 7) is 5.29. The van der Waals surface area contributed by atoms with E-state index in [1.807, 2.05) is 13.1 Å². The van der Waals surface area contributed by atoms with Crippen LogP contribution in [0.25, 0.3) is 10.9 Å². The molecule has 1 unspecified atom stereocenters. The van der Waals surface area contributed by atoms with Gasteiger partial charge in [-0.3, -0.25) is 0 Å². The molecule has 19 heavy (non-hydrogen) atoms. The van der Waals surface area contributed by atoms with Crippen LogP contribution in [0.2, 0.25) is 0 Å². The summed E-state index contributed by atoms with van der Waals surface area (Å²) >= 11 is 0. The number of pyridine rings is 1. The van der Waals surface area contributed by atoms with Gasteiger partial charge in [0.05, 0.1) is 5.52 Å². The Kier molecular flexibility index (Phi) is 4.38. The van der Waals surface area contributed by atoms with Crippen LogP contribution in [0.1, 0.15) is 25.8 Å². The van der Waals surface area contributed by atoms with Crippen LogP contribution in [0.5, 0.6) is 0 Å². The highest BCUT2D eigenvalue weighted by Crippen LogP contribution is 2.24. The number of aromatic nitrogens is 1. The van der Waals surface area contributed by atoms with Crippen molar-refractivity contribution in [3.05, 3.63) is 35.9 Å². The van der Waals surface area contributed by atoms with Crippen LogP contribution >= 0.6 is 0 Å². The molecule has 1 aromatic carbocycles. The highest BCUT2D eigenvalue weighted by molar-refractivity contribution is 5.81. The van der Waals surface area contributed by atoms with Crippen molar-refractivity contribution >= 4 is 16.7 Å². The van der Waals surface area contributed by atoms with Gasteiger partial charge in [0.25, 0.3) is 0 Å². The van der Waals surface area contributed by atoms with Crippen molar-refractivity contribution in [1.29, 1.82) is 0 Å². The van der Waals surface area contributed by atoms with Crippen LogP contribution in [0.4, 0.5) is 5.82 Å². The molecule has 0 radical (unpaired) electrons. The lowest BCUT2D eigenvalue weighted by molar-refractivity contribution is 0.652. The molecule has 2 rings (SSSR count). The largest absolute Gasteiger partial charge is 0.357 e. The predicted molar refractivity (Wildman–Crippen MR) is 82.7 cm³/mol. The quantitative estimate of drug-likeness (QED) is 0.891. The van der Waals surface area contributed by atoms with E-state index in [0.717, 1.165) is 24.3 Å². The Balaban J connectivity index is 2.52. The summed E-state index contributed by atoms with van der Waals surface area (Å²) in [5, 5.41) is 4.44. The van der Waals surface area contributed by atoms with Gasteiger partial charge in [0, 0.05) is 30.6 Å². The number of hydrogen-bond donors (Lipinski definition) is 1. The van der Waals surface area contributed by atoms with Crippen LogP contribution in [-0.2, 0) is 6.54 Å². The van der Waals surface area contributed by atoms with E-state index in [1.165, 1.54) is 10.9 Å². The van der Waals surface area contributed by atoms with Crippen molar-refractivity contribution in [2.45, 2.75) is 32.9 Å². The highest BCUT2D eigenvalue weighted by atomic mass is 15.2. The molecule has 1 atom stereocenters. The molecule has 3 heteroatoms. The van der Waals surface area contributed by atoms with E-state index >= 15 is 0 Å². The van der Waals surface area contributed by atoms with Gasteiger partial charge >= 0.3 is 0 Å². The molecule has 1 N–H and O–H groups in total. The zero-order chi connectivity index (χ0) is 13.8. The zero-order valence-corrected chi connectivity index (χ0v) is 12.3. The Bertz CT molecular complexity index is 551. The number of anilines is 1. The molecular formula is C16H23N3. The van der Waals surface area contributed by atoms with Gasteiger partial charge in [0.15, 0.2) is 0 Å². The molecule has 3 nitrogen and oxygen atoms in total. The molecule has 102 valence electrons. The second kappa shape index (κ2) is 6.02. The molecule has 0 aliphatic heterocycles. The lowest BCUT2D eigenvalue weighted by Crippen LogP contribution is -2.30. The summed E-state index contributed by atoms with van der Waals surface area (Å²) < 4.78 is 0. The van der Waals surface area contributed by atoms with E-state index in [2.05, 4.69) is 55.4 Å². The Labute approximate surface area is 115 Å². The fraction of sp³-hybridized carbons (Fsp3) is 0.438. The van der Waals surface area contributed by atoms with E-state index in [4.69, 9.17) is 4.98 Å². The maximum absolute atomic E-state index is 4.85. The first-order valence-corrected chi connectivity index (χ1v) is 6.93. The lowest BCUT2D eigenvalue weighted by atomic mass is 10.1. The summed E-state index contributed by atoms with van der Waals surface area (Å²) in [6, 6.07) is 11.0. The third kappa shape index (κ3) is 2.87. The molecule has 0 amide bonds. The molecule has 2 aromatic rings. The van der Waals surface area contributed by atoms with Gasteiger partial charge in [-0.2, -0.15) is 0 Å². The Morgan fingerprint density at radius 2 is 2.05 bits per heavy atom. The highest BCUT2D eigenvalue weighted by Gasteiger charge is 2.14. The summed E-state index contributed by atoms with van der Waals surface area (Å²) in [7, 11) is 4.10. The lowest BCUT2D eigenvalue weighted by Gasteiger charge is -2.27. The Hall–Kier alpha value is -1.61. The van der Waals surface area contributed by atoms with E-state index in [-0.39, 0.29) is 0 Å². The molecule has 1 aromatic heterocycles. The number of nitrogens with zero attached hydrogens (tertiary/aromatic N) is 2. The fourth-order valence-corrected chi connectivity index (χ4v) is 2.26. The maximum Gasteiger partial charge on any atom is 0.133 e. The van der Waals surface area contributed by atoms with Crippen LogP contribution in [0.3, 0.4) is 0 Å². The first kappa shape index (κ1) is 13.8. The number of nitrogens with one attached hydrogen (secondary N) is 1. The standard InChI is InChI=1S/C16H23N3/c1-5-12(2)19(4)16-14(11-17-3)10-13-8-6-7-9-15(13)18-16/h6-10,12,17H,5,11H2,1-4H3. The van der Waals surface area contributed by atoms with Gasteiger partial charge in [-0.25, -0.2) is 4.98 Å². The third-order valence-electron chi connectivity index (χ3n) is 3.73. The fourth-order valence-electron chi connectivity index (χ4n) is 2.26. The van der Waals surface area contributed by atoms with E-state index in [1.54, 1.807) is 0 Å². The van der Waals surface area contributed by atoms with Gasteiger partial charge in [-0.1, -0.05) is 25.1 Å². The first-order valence-electron chi connectivity index (χ1n) is 6.93. The number of benzene rings is 1. The molecular weight excluding hydrogens is 234 g/mol. The number of para-hydroxylation sites is 1. The number of fused-ring (bicyclic) bond motifs is 1. The smallest absolute Gasteiger partial charge is 0.133 e. The molecule has 0 fully saturated rings. The van der Waals surface area contributed by atoms with Gasteiger partial charge in [0.2, 0.25) is 0 Å². The molecule has 0 aliphatic carbocycles. The third-order valence-corrected chi connectivity index (χ3v) is 3.73. The topological polar surface area (TPSA) is 28.2 Å². The van der Waals surface area contributed by atoms with Gasteiger partial charge in [-0.15, -0.1) is 0 Å². The SMILES string of the molecule is CCC(C)N(C)c1nc2ccccc2cc1CNC. The normalized spacial score (nSPS) is 12.6. The van der Waals surface area contributed by atoms with E-state index in [0.29, 0.717) is 6.04 Å². The Morgan fingerprint density at radius 3 is 2.74 bits per heavy atom. The number of hydrogen-bond acceptors (Lipinski definition) is 3. The minimum absolute atomic E-state index is 0.490. The maximum atomic E-state index is 4.85. The summed E-state index contributed by atoms with van der Waals surface area (Å²) in [6.07, 6.45) is 1.12. The van der Waals surface area contributed by atoms with Crippen LogP contribution in [0.15, 0.2) is 30.3 Å².